The highest BCUT2D eigenvalue weighted by Crippen LogP contribution is 2.32. The maximum Gasteiger partial charge on any atom is 0.160 e. The Morgan fingerprint density at radius 2 is 0.784 bits per heavy atom. The first-order valence-electron chi connectivity index (χ1n) is 12.2. The molecule has 176 valence electrons. The van der Waals surface area contributed by atoms with Crippen molar-refractivity contribution < 1.29 is 0 Å². The Labute approximate surface area is 221 Å². The highest BCUT2D eigenvalue weighted by atomic mass is 35.5. The van der Waals surface area contributed by atoms with Gasteiger partial charge in [-0.25, -0.2) is 9.97 Å². The lowest BCUT2D eigenvalue weighted by Gasteiger charge is -2.11. The topological polar surface area (TPSA) is 25.8 Å². The van der Waals surface area contributed by atoms with Crippen LogP contribution < -0.4 is 0 Å². The minimum Gasteiger partial charge on any atom is -0.228 e. The molecule has 0 fully saturated rings. The van der Waals surface area contributed by atoms with Gasteiger partial charge in [-0.05, 0) is 52.6 Å². The summed E-state index contributed by atoms with van der Waals surface area (Å²) in [6, 6.07) is 47.5. The van der Waals surface area contributed by atoms with Crippen LogP contribution in [0.5, 0.6) is 0 Å². The Morgan fingerprint density at radius 3 is 1.35 bits per heavy atom. The summed E-state index contributed by atoms with van der Waals surface area (Å²) in [7, 11) is 0. The largest absolute Gasteiger partial charge is 0.228 e. The monoisotopic (exact) mass is 494 g/mol. The first kappa shape index (κ1) is 22.9. The SMILES string of the molecule is Clc1cccc(-c2cccc(-c3cc(-c4cccc(-c5ccccc5)c4)nc(-c4ccccc4)n3)c2)c1. The molecule has 2 nitrogen and oxygen atoms in total. The Kier molecular flexibility index (Phi) is 6.33. The zero-order valence-corrected chi connectivity index (χ0v) is 20.8. The summed E-state index contributed by atoms with van der Waals surface area (Å²) in [6.07, 6.45) is 0. The van der Waals surface area contributed by atoms with Crippen LogP contribution >= 0.6 is 11.6 Å². The zero-order chi connectivity index (χ0) is 25.0. The fourth-order valence-corrected chi connectivity index (χ4v) is 4.66. The van der Waals surface area contributed by atoms with Crippen LogP contribution in [0.25, 0.3) is 56.2 Å². The first-order chi connectivity index (χ1) is 18.2. The van der Waals surface area contributed by atoms with Gasteiger partial charge >= 0.3 is 0 Å². The second kappa shape index (κ2) is 10.2. The number of hydrogen-bond acceptors (Lipinski definition) is 2. The van der Waals surface area contributed by atoms with Crippen molar-refractivity contribution in [2.24, 2.45) is 0 Å². The van der Waals surface area contributed by atoms with Crippen molar-refractivity contribution in [2.45, 2.75) is 0 Å². The van der Waals surface area contributed by atoms with Crippen molar-refractivity contribution in [3.63, 3.8) is 0 Å². The molecular formula is C34H23ClN2. The smallest absolute Gasteiger partial charge is 0.160 e. The highest BCUT2D eigenvalue weighted by molar-refractivity contribution is 6.30. The predicted octanol–water partition coefficient (Wildman–Crippen LogP) is 9.46. The van der Waals surface area contributed by atoms with Crippen LogP contribution in [0.1, 0.15) is 0 Å². The molecule has 1 heterocycles. The summed E-state index contributed by atoms with van der Waals surface area (Å²) in [5.74, 6) is 0.700. The van der Waals surface area contributed by atoms with Crippen molar-refractivity contribution in [1.82, 2.24) is 9.97 Å². The maximum atomic E-state index is 6.27. The van der Waals surface area contributed by atoms with Gasteiger partial charge in [0.2, 0.25) is 0 Å². The van der Waals surface area contributed by atoms with E-state index in [4.69, 9.17) is 21.6 Å². The van der Waals surface area contributed by atoms with Gasteiger partial charge in [-0.2, -0.15) is 0 Å². The lowest BCUT2D eigenvalue weighted by molar-refractivity contribution is 1.18. The molecule has 0 bridgehead atoms. The Hall–Kier alpha value is -4.53. The third kappa shape index (κ3) is 5.06. The van der Waals surface area contributed by atoms with Gasteiger partial charge in [0.1, 0.15) is 0 Å². The second-order valence-corrected chi connectivity index (χ2v) is 9.30. The Balaban J connectivity index is 1.49. The summed E-state index contributed by atoms with van der Waals surface area (Å²) >= 11 is 6.27. The normalized spacial score (nSPS) is 10.8. The minimum absolute atomic E-state index is 0.700. The van der Waals surface area contributed by atoms with Crippen LogP contribution in [0.15, 0.2) is 140 Å². The molecule has 0 aliphatic carbocycles. The van der Waals surface area contributed by atoms with E-state index in [2.05, 4.69) is 84.9 Å². The number of halogens is 1. The molecule has 6 aromatic rings. The number of nitrogens with zero attached hydrogens (tertiary/aromatic N) is 2. The second-order valence-electron chi connectivity index (χ2n) is 8.87. The molecule has 0 aliphatic rings. The molecule has 0 N–H and O–H groups in total. The number of hydrogen-bond donors (Lipinski definition) is 0. The summed E-state index contributed by atoms with van der Waals surface area (Å²) < 4.78 is 0. The third-order valence-electron chi connectivity index (χ3n) is 6.34. The van der Waals surface area contributed by atoms with E-state index in [0.29, 0.717) is 5.82 Å². The maximum absolute atomic E-state index is 6.27. The lowest BCUT2D eigenvalue weighted by Crippen LogP contribution is -1.96. The molecule has 0 aliphatic heterocycles. The van der Waals surface area contributed by atoms with E-state index in [1.807, 2.05) is 54.6 Å². The molecule has 0 atom stereocenters. The summed E-state index contributed by atoms with van der Waals surface area (Å²) in [4.78, 5) is 9.99. The average molecular weight is 495 g/mol. The van der Waals surface area contributed by atoms with E-state index < -0.39 is 0 Å². The van der Waals surface area contributed by atoms with Crippen molar-refractivity contribution in [3.05, 3.63) is 145 Å². The van der Waals surface area contributed by atoms with E-state index in [1.54, 1.807) is 0 Å². The van der Waals surface area contributed by atoms with Crippen LogP contribution in [-0.4, -0.2) is 9.97 Å². The number of benzene rings is 5. The highest BCUT2D eigenvalue weighted by Gasteiger charge is 2.12. The first-order valence-corrected chi connectivity index (χ1v) is 12.6. The molecule has 0 spiro atoms. The van der Waals surface area contributed by atoms with Gasteiger partial charge in [0, 0.05) is 21.7 Å². The van der Waals surface area contributed by atoms with Crippen molar-refractivity contribution in [2.75, 3.05) is 0 Å². The standard InChI is InChI=1S/C34H23ClN2/c35-31-19-9-16-28(22-31)27-15-8-18-30(21-27)33-23-32(36-34(37-33)25-12-5-2-6-13-25)29-17-7-14-26(20-29)24-10-3-1-4-11-24/h1-23H. The van der Waals surface area contributed by atoms with Crippen LogP contribution in [0, 0.1) is 0 Å². The van der Waals surface area contributed by atoms with Gasteiger partial charge in [-0.15, -0.1) is 0 Å². The molecule has 6 rings (SSSR count). The quantitative estimate of drug-likeness (QED) is 0.238. The Bertz CT molecular complexity index is 1680. The fourth-order valence-electron chi connectivity index (χ4n) is 4.47. The van der Waals surface area contributed by atoms with Gasteiger partial charge in [-0.1, -0.05) is 121 Å². The van der Waals surface area contributed by atoms with E-state index in [9.17, 15) is 0 Å². The molecule has 1 aromatic heterocycles. The van der Waals surface area contributed by atoms with Gasteiger partial charge in [-0.3, -0.25) is 0 Å². The van der Waals surface area contributed by atoms with Crippen LogP contribution in [-0.2, 0) is 0 Å². The van der Waals surface area contributed by atoms with E-state index in [-0.39, 0.29) is 0 Å². The minimum atomic E-state index is 0.700. The molecule has 0 saturated carbocycles. The molecule has 0 saturated heterocycles. The molecule has 5 aromatic carbocycles. The number of aromatic nitrogens is 2. The van der Waals surface area contributed by atoms with E-state index in [0.717, 1.165) is 49.8 Å². The van der Waals surface area contributed by atoms with Gasteiger partial charge in [0.25, 0.3) is 0 Å². The third-order valence-corrected chi connectivity index (χ3v) is 6.57. The zero-order valence-electron chi connectivity index (χ0n) is 20.1. The molecule has 0 radical (unpaired) electrons. The van der Waals surface area contributed by atoms with E-state index >= 15 is 0 Å². The van der Waals surface area contributed by atoms with Gasteiger partial charge in [0.05, 0.1) is 11.4 Å². The summed E-state index contributed by atoms with van der Waals surface area (Å²) in [5.41, 5.74) is 9.31. The van der Waals surface area contributed by atoms with Crippen LogP contribution in [0.2, 0.25) is 5.02 Å². The molecule has 0 unspecified atom stereocenters. The molecular weight excluding hydrogens is 472 g/mol. The molecule has 0 amide bonds. The van der Waals surface area contributed by atoms with Crippen molar-refractivity contribution >= 4 is 11.6 Å². The van der Waals surface area contributed by atoms with Gasteiger partial charge < -0.3 is 0 Å². The van der Waals surface area contributed by atoms with Crippen molar-refractivity contribution in [1.29, 1.82) is 0 Å². The molecule has 3 heteroatoms. The van der Waals surface area contributed by atoms with Gasteiger partial charge in [0.15, 0.2) is 5.82 Å². The summed E-state index contributed by atoms with van der Waals surface area (Å²) in [6.45, 7) is 0. The van der Waals surface area contributed by atoms with Crippen molar-refractivity contribution in [3.8, 4) is 56.2 Å². The number of rotatable bonds is 5. The van der Waals surface area contributed by atoms with E-state index in [1.165, 1.54) is 5.56 Å². The average Bonchev–Trinajstić information content (AvgIpc) is 2.98. The molecule has 37 heavy (non-hydrogen) atoms. The lowest BCUT2D eigenvalue weighted by atomic mass is 9.99. The van der Waals surface area contributed by atoms with Crippen LogP contribution in [0.4, 0.5) is 0 Å². The predicted molar refractivity (Wildman–Crippen MR) is 154 cm³/mol. The summed E-state index contributed by atoms with van der Waals surface area (Å²) in [5, 5.41) is 0.719. The van der Waals surface area contributed by atoms with Crippen LogP contribution in [0.3, 0.4) is 0 Å². The fraction of sp³-hybridized carbons (Fsp3) is 0. The Morgan fingerprint density at radius 1 is 0.351 bits per heavy atom.